The molecule has 0 unspecified atom stereocenters. The quantitative estimate of drug-likeness (QED) is 0.606. The number of carbonyl (C=O) groups is 1. The lowest BCUT2D eigenvalue weighted by Gasteiger charge is -2.15. The van der Waals surface area contributed by atoms with Crippen LogP contribution in [-0.4, -0.2) is 29.8 Å². The third-order valence-corrected chi connectivity index (χ3v) is 1.10. The van der Waals surface area contributed by atoms with Crippen molar-refractivity contribution < 1.29 is 18.7 Å². The Bertz CT molecular complexity index is 110. The third kappa shape index (κ3) is 1.71. The largest absolute Gasteiger partial charge is 0.377 e. The van der Waals surface area contributed by atoms with E-state index in [1.54, 1.807) is 0 Å². The summed E-state index contributed by atoms with van der Waals surface area (Å²) in [5, 5.41) is 8.61. The second-order valence-corrected chi connectivity index (χ2v) is 1.86. The molecule has 0 rings (SSSR count). The van der Waals surface area contributed by atoms with Crippen LogP contribution in [0.15, 0.2) is 0 Å². The number of halogens is 2. The highest BCUT2D eigenvalue weighted by Crippen LogP contribution is 2.06. The number of aliphatic hydroxyl groups is 1. The number of Topliss-reactive ketones (excluding diaryl/α,β-unsaturated/α-hetero) is 1. The lowest BCUT2D eigenvalue weighted by molar-refractivity contribution is -0.138. The highest BCUT2D eigenvalue weighted by atomic mass is 19.1. The number of carbonyl (C=O) groups excluding carboxylic acids is 1. The van der Waals surface area contributed by atoms with Crippen LogP contribution in [0.5, 0.6) is 0 Å². The summed E-state index contributed by atoms with van der Waals surface area (Å²) < 4.78 is 23.2. The summed E-state index contributed by atoms with van der Waals surface area (Å²) in [5.74, 6) is -0.882. The maximum atomic E-state index is 11.6. The monoisotopic (exact) mass is 138 g/mol. The van der Waals surface area contributed by atoms with Crippen molar-refractivity contribution in [2.24, 2.45) is 0 Å². The van der Waals surface area contributed by atoms with Gasteiger partial charge in [0.05, 0.1) is 0 Å². The Morgan fingerprint density at radius 2 is 1.89 bits per heavy atom. The molecule has 0 saturated heterocycles. The van der Waals surface area contributed by atoms with E-state index in [-0.39, 0.29) is 0 Å². The summed E-state index contributed by atoms with van der Waals surface area (Å²) in [6.07, 6.45) is 0. The van der Waals surface area contributed by atoms with Crippen LogP contribution < -0.4 is 0 Å². The zero-order valence-electron chi connectivity index (χ0n) is 5.03. The van der Waals surface area contributed by atoms with E-state index >= 15 is 0 Å². The normalized spacial score (nSPS) is 11.6. The molecule has 4 heteroatoms. The van der Waals surface area contributed by atoms with Gasteiger partial charge in [-0.3, -0.25) is 4.79 Å². The van der Waals surface area contributed by atoms with E-state index in [0.29, 0.717) is 0 Å². The predicted molar refractivity (Wildman–Crippen MR) is 27.6 cm³/mol. The van der Waals surface area contributed by atoms with Gasteiger partial charge in [0.2, 0.25) is 0 Å². The van der Waals surface area contributed by atoms with Gasteiger partial charge in [0.15, 0.2) is 11.4 Å². The first-order valence-corrected chi connectivity index (χ1v) is 2.42. The molecule has 0 aliphatic carbocycles. The molecule has 54 valence electrons. The highest BCUT2D eigenvalue weighted by Gasteiger charge is 2.32. The Morgan fingerprint density at radius 3 is 1.89 bits per heavy atom. The molecule has 0 aromatic heterocycles. The van der Waals surface area contributed by atoms with Gasteiger partial charge in [0.25, 0.3) is 0 Å². The molecule has 0 spiro atoms. The van der Waals surface area contributed by atoms with E-state index in [2.05, 4.69) is 0 Å². The van der Waals surface area contributed by atoms with E-state index in [1.807, 2.05) is 0 Å². The number of rotatable bonds is 3. The summed E-state index contributed by atoms with van der Waals surface area (Å²) in [6, 6.07) is 0. The molecule has 9 heavy (non-hydrogen) atoms. The van der Waals surface area contributed by atoms with Gasteiger partial charge in [0.1, 0.15) is 13.3 Å². The summed E-state index contributed by atoms with van der Waals surface area (Å²) >= 11 is 0. The molecule has 0 aromatic carbocycles. The summed E-state index contributed by atoms with van der Waals surface area (Å²) in [7, 11) is 0. The second-order valence-electron chi connectivity index (χ2n) is 1.86. The van der Waals surface area contributed by atoms with Crippen LogP contribution >= 0.6 is 0 Å². The first-order valence-electron chi connectivity index (χ1n) is 2.42. The SMILES string of the molecule is CC(=O)C(O)(CF)CF. The van der Waals surface area contributed by atoms with Crippen molar-refractivity contribution in [3.05, 3.63) is 0 Å². The van der Waals surface area contributed by atoms with Gasteiger partial charge >= 0.3 is 0 Å². The van der Waals surface area contributed by atoms with Crippen LogP contribution in [0.4, 0.5) is 8.78 Å². The molecule has 0 fully saturated rings. The average Bonchev–Trinajstić information content (AvgIpc) is 1.86. The second kappa shape index (κ2) is 2.87. The molecule has 0 aromatic rings. The van der Waals surface area contributed by atoms with Crippen LogP contribution in [0, 0.1) is 0 Å². The van der Waals surface area contributed by atoms with E-state index < -0.39 is 24.7 Å². The minimum atomic E-state index is -2.39. The highest BCUT2D eigenvalue weighted by molar-refractivity contribution is 5.84. The van der Waals surface area contributed by atoms with Crippen molar-refractivity contribution in [1.82, 2.24) is 0 Å². The zero-order chi connectivity index (χ0) is 7.49. The van der Waals surface area contributed by atoms with Gasteiger partial charge < -0.3 is 5.11 Å². The van der Waals surface area contributed by atoms with Crippen molar-refractivity contribution in [2.75, 3.05) is 13.3 Å². The predicted octanol–water partition coefficient (Wildman–Crippen LogP) is 0.245. The maximum absolute atomic E-state index is 11.6. The standard InChI is InChI=1S/C5H8F2O2/c1-4(8)5(9,2-6)3-7/h9H,2-3H2,1H3. The van der Waals surface area contributed by atoms with Crippen molar-refractivity contribution in [1.29, 1.82) is 0 Å². The van der Waals surface area contributed by atoms with Crippen molar-refractivity contribution in [3.63, 3.8) is 0 Å². The molecule has 0 aliphatic rings. The lowest BCUT2D eigenvalue weighted by Crippen LogP contribution is -2.41. The minimum Gasteiger partial charge on any atom is -0.377 e. The molecule has 0 saturated carbocycles. The Morgan fingerprint density at radius 1 is 1.56 bits per heavy atom. The van der Waals surface area contributed by atoms with Crippen LogP contribution in [0.1, 0.15) is 6.92 Å². The Kier molecular flexibility index (Phi) is 2.70. The van der Waals surface area contributed by atoms with Crippen LogP contribution in [0.3, 0.4) is 0 Å². The van der Waals surface area contributed by atoms with Gasteiger partial charge in [-0.1, -0.05) is 0 Å². The van der Waals surface area contributed by atoms with E-state index in [9.17, 15) is 13.6 Å². The molecular weight excluding hydrogens is 130 g/mol. The molecule has 0 aliphatic heterocycles. The maximum Gasteiger partial charge on any atom is 0.179 e. The summed E-state index contributed by atoms with van der Waals surface area (Å²) in [4.78, 5) is 10.2. The minimum absolute atomic E-state index is 0.882. The summed E-state index contributed by atoms with van der Waals surface area (Å²) in [5.41, 5.74) is -2.39. The molecule has 0 amide bonds. The van der Waals surface area contributed by atoms with Crippen molar-refractivity contribution in [3.8, 4) is 0 Å². The van der Waals surface area contributed by atoms with Gasteiger partial charge in [-0.2, -0.15) is 0 Å². The van der Waals surface area contributed by atoms with Gasteiger partial charge in [-0.05, 0) is 6.92 Å². The fourth-order valence-corrected chi connectivity index (χ4v) is 0.224. The average molecular weight is 138 g/mol. The summed E-state index contributed by atoms with van der Waals surface area (Å²) in [6.45, 7) is -1.78. The Labute approximate surface area is 51.5 Å². The first-order chi connectivity index (χ1) is 4.06. The molecular formula is C5H8F2O2. The zero-order valence-corrected chi connectivity index (χ0v) is 5.03. The van der Waals surface area contributed by atoms with Crippen LogP contribution in [0.2, 0.25) is 0 Å². The topological polar surface area (TPSA) is 37.3 Å². The number of hydrogen-bond donors (Lipinski definition) is 1. The number of alkyl halides is 2. The lowest BCUT2D eigenvalue weighted by atomic mass is 10.0. The molecule has 2 nitrogen and oxygen atoms in total. The molecule has 0 atom stereocenters. The number of hydrogen-bond acceptors (Lipinski definition) is 2. The van der Waals surface area contributed by atoms with Crippen molar-refractivity contribution in [2.45, 2.75) is 12.5 Å². The van der Waals surface area contributed by atoms with E-state index in [0.717, 1.165) is 6.92 Å². The fourth-order valence-electron chi connectivity index (χ4n) is 0.224. The first kappa shape index (κ1) is 8.49. The Hall–Kier alpha value is -0.510. The molecule has 0 heterocycles. The van der Waals surface area contributed by atoms with Gasteiger partial charge in [-0.25, -0.2) is 8.78 Å². The van der Waals surface area contributed by atoms with Crippen LogP contribution in [0.25, 0.3) is 0 Å². The van der Waals surface area contributed by atoms with Crippen molar-refractivity contribution >= 4 is 5.78 Å². The van der Waals surface area contributed by atoms with E-state index in [1.165, 1.54) is 0 Å². The van der Waals surface area contributed by atoms with Crippen LogP contribution in [-0.2, 0) is 4.79 Å². The van der Waals surface area contributed by atoms with Gasteiger partial charge in [0, 0.05) is 0 Å². The van der Waals surface area contributed by atoms with Gasteiger partial charge in [-0.15, -0.1) is 0 Å². The smallest absolute Gasteiger partial charge is 0.179 e. The van der Waals surface area contributed by atoms with E-state index in [4.69, 9.17) is 5.11 Å². The number of ketones is 1. The fraction of sp³-hybridized carbons (Fsp3) is 0.800. The molecule has 0 bridgehead atoms. The Balaban J connectivity index is 4.09. The molecule has 1 N–H and O–H groups in total. The third-order valence-electron chi connectivity index (χ3n) is 1.10. The molecule has 0 radical (unpaired) electrons.